The molecule has 0 aromatic heterocycles. The molecule has 4 heteroatoms. The van der Waals surface area contributed by atoms with Crippen LogP contribution in [-0.2, 0) is 19.1 Å². The maximum atomic E-state index is 11.9. The lowest BCUT2D eigenvalue weighted by atomic mass is 9.91. The first-order valence-corrected chi connectivity index (χ1v) is 7.06. The Hall–Kier alpha value is -1.32. The first kappa shape index (κ1) is 17.7. The van der Waals surface area contributed by atoms with E-state index in [-0.39, 0.29) is 18.4 Å². The Labute approximate surface area is 116 Å². The van der Waals surface area contributed by atoms with Crippen molar-refractivity contribution in [3.63, 3.8) is 0 Å². The summed E-state index contributed by atoms with van der Waals surface area (Å²) < 4.78 is 9.92. The molecule has 0 aliphatic heterocycles. The van der Waals surface area contributed by atoms with E-state index >= 15 is 0 Å². The van der Waals surface area contributed by atoms with Gasteiger partial charge in [-0.05, 0) is 33.1 Å². The summed E-state index contributed by atoms with van der Waals surface area (Å²) in [5.41, 5.74) is 0.851. The smallest absolute Gasteiger partial charge is 0.313 e. The third kappa shape index (κ3) is 7.65. The molecule has 0 aromatic rings. The second-order valence-electron chi connectivity index (χ2n) is 4.41. The number of unbranched alkanes of at least 4 members (excludes halogenated alkanes) is 1. The van der Waals surface area contributed by atoms with Crippen LogP contribution in [0.1, 0.15) is 52.9 Å². The molecule has 0 radical (unpaired) electrons. The average Bonchev–Trinajstić information content (AvgIpc) is 2.37. The first-order chi connectivity index (χ1) is 9.06. The van der Waals surface area contributed by atoms with Crippen molar-refractivity contribution in [2.45, 2.75) is 52.9 Å². The summed E-state index contributed by atoms with van der Waals surface area (Å²) in [5, 5.41) is 0. The molecule has 0 saturated heterocycles. The minimum Gasteiger partial charge on any atom is -0.466 e. The van der Waals surface area contributed by atoms with Gasteiger partial charge in [0.25, 0.3) is 0 Å². The predicted octanol–water partition coefficient (Wildman–Crippen LogP) is 3.26. The van der Waals surface area contributed by atoms with Crippen LogP contribution in [0.5, 0.6) is 0 Å². The minimum absolute atomic E-state index is 0.225. The molecule has 110 valence electrons. The average molecular weight is 270 g/mol. The van der Waals surface area contributed by atoms with E-state index in [2.05, 4.69) is 13.5 Å². The molecule has 0 rings (SSSR count). The Morgan fingerprint density at radius 1 is 1.05 bits per heavy atom. The summed E-state index contributed by atoms with van der Waals surface area (Å²) in [5.74, 6) is -0.955. The predicted molar refractivity (Wildman–Crippen MR) is 74.7 cm³/mol. The van der Waals surface area contributed by atoms with Gasteiger partial charge in [0.05, 0.1) is 19.1 Å². The zero-order valence-electron chi connectivity index (χ0n) is 12.4. The van der Waals surface area contributed by atoms with Crippen molar-refractivity contribution in [3.8, 4) is 0 Å². The minimum atomic E-state index is -0.393. The number of carbonyl (C=O) groups is 2. The van der Waals surface area contributed by atoms with E-state index in [0.29, 0.717) is 19.6 Å². The summed E-state index contributed by atoms with van der Waals surface area (Å²) in [6, 6.07) is 0. The van der Waals surface area contributed by atoms with Crippen molar-refractivity contribution in [2.24, 2.45) is 5.92 Å². The second kappa shape index (κ2) is 10.6. The van der Waals surface area contributed by atoms with E-state index in [9.17, 15) is 9.59 Å². The quantitative estimate of drug-likeness (QED) is 0.451. The maximum absolute atomic E-state index is 11.9. The molecule has 0 aromatic carbocycles. The number of carbonyl (C=O) groups excluding carboxylic acids is 2. The lowest BCUT2D eigenvalue weighted by molar-refractivity contribution is -0.148. The monoisotopic (exact) mass is 270 g/mol. The molecule has 1 unspecified atom stereocenters. The molecule has 1 atom stereocenters. The molecular formula is C15H26O4. The van der Waals surface area contributed by atoms with Crippen LogP contribution in [0.2, 0.25) is 0 Å². The van der Waals surface area contributed by atoms with Gasteiger partial charge < -0.3 is 9.47 Å². The maximum Gasteiger partial charge on any atom is 0.313 e. The lowest BCUT2D eigenvalue weighted by Crippen LogP contribution is -2.21. The van der Waals surface area contributed by atoms with Gasteiger partial charge in [0, 0.05) is 6.42 Å². The van der Waals surface area contributed by atoms with Crippen molar-refractivity contribution in [1.82, 2.24) is 0 Å². The molecule has 19 heavy (non-hydrogen) atoms. The second-order valence-corrected chi connectivity index (χ2v) is 4.41. The van der Waals surface area contributed by atoms with Crippen molar-refractivity contribution in [1.29, 1.82) is 0 Å². The van der Waals surface area contributed by atoms with Crippen molar-refractivity contribution in [2.75, 3.05) is 13.2 Å². The van der Waals surface area contributed by atoms with Crippen LogP contribution in [0.4, 0.5) is 0 Å². The summed E-state index contributed by atoms with van der Waals surface area (Å²) in [6.45, 7) is 10.3. The van der Waals surface area contributed by atoms with Gasteiger partial charge in [-0.1, -0.05) is 25.5 Å². The number of hydrogen-bond acceptors (Lipinski definition) is 4. The van der Waals surface area contributed by atoms with E-state index in [1.54, 1.807) is 13.8 Å². The normalized spacial score (nSPS) is 11.7. The van der Waals surface area contributed by atoms with Crippen molar-refractivity contribution in [3.05, 3.63) is 12.2 Å². The van der Waals surface area contributed by atoms with Crippen LogP contribution in [0.15, 0.2) is 12.2 Å². The highest BCUT2D eigenvalue weighted by Gasteiger charge is 2.23. The third-order valence-corrected chi connectivity index (χ3v) is 2.86. The number of ether oxygens (including phenoxy) is 2. The standard InChI is InChI=1S/C15H26O4/c1-5-8-9-12(4)13(15(17)19-7-3)10-11-14(16)18-6-2/h13H,4-11H2,1-3H3. The molecule has 0 spiro atoms. The zero-order valence-corrected chi connectivity index (χ0v) is 12.4. The summed E-state index contributed by atoms with van der Waals surface area (Å²) in [7, 11) is 0. The fraction of sp³-hybridized carbons (Fsp3) is 0.733. The highest BCUT2D eigenvalue weighted by molar-refractivity contribution is 5.77. The molecular weight excluding hydrogens is 244 g/mol. The molecule has 4 nitrogen and oxygen atoms in total. The van der Waals surface area contributed by atoms with Gasteiger partial charge in [-0.15, -0.1) is 0 Å². The van der Waals surface area contributed by atoms with Gasteiger partial charge in [-0.3, -0.25) is 9.59 Å². The summed E-state index contributed by atoms with van der Waals surface area (Å²) in [6.07, 6.45) is 3.48. The van der Waals surface area contributed by atoms with Crippen LogP contribution >= 0.6 is 0 Å². The number of rotatable bonds is 10. The van der Waals surface area contributed by atoms with E-state index in [1.165, 1.54) is 0 Å². The Kier molecular flexibility index (Phi) is 9.85. The Bertz CT molecular complexity index is 297. The molecule has 0 aliphatic rings. The summed E-state index contributed by atoms with van der Waals surface area (Å²) >= 11 is 0. The third-order valence-electron chi connectivity index (χ3n) is 2.86. The Morgan fingerprint density at radius 2 is 1.68 bits per heavy atom. The number of esters is 2. The lowest BCUT2D eigenvalue weighted by Gasteiger charge is -2.17. The van der Waals surface area contributed by atoms with E-state index in [1.807, 2.05) is 0 Å². The highest BCUT2D eigenvalue weighted by Crippen LogP contribution is 2.22. The zero-order chi connectivity index (χ0) is 14.7. The molecule has 0 amide bonds. The van der Waals surface area contributed by atoms with Gasteiger partial charge in [0.2, 0.25) is 0 Å². The number of hydrogen-bond donors (Lipinski definition) is 0. The van der Waals surface area contributed by atoms with Crippen LogP contribution in [-0.4, -0.2) is 25.2 Å². The van der Waals surface area contributed by atoms with E-state index in [4.69, 9.17) is 9.47 Å². The summed E-state index contributed by atoms with van der Waals surface area (Å²) in [4.78, 5) is 23.2. The van der Waals surface area contributed by atoms with Gasteiger partial charge in [0.15, 0.2) is 0 Å². The SMILES string of the molecule is C=C(CCCC)C(CCC(=O)OCC)C(=O)OCC. The van der Waals surface area contributed by atoms with Crippen molar-refractivity contribution >= 4 is 11.9 Å². The molecule has 0 N–H and O–H groups in total. The van der Waals surface area contributed by atoms with E-state index in [0.717, 1.165) is 24.8 Å². The fourth-order valence-electron chi connectivity index (χ4n) is 1.80. The molecule has 0 aliphatic carbocycles. The van der Waals surface area contributed by atoms with Gasteiger partial charge >= 0.3 is 11.9 Å². The van der Waals surface area contributed by atoms with Crippen LogP contribution < -0.4 is 0 Å². The molecule has 0 heterocycles. The molecule has 0 bridgehead atoms. The van der Waals surface area contributed by atoms with Gasteiger partial charge in [-0.2, -0.15) is 0 Å². The van der Waals surface area contributed by atoms with Gasteiger partial charge in [-0.25, -0.2) is 0 Å². The largest absolute Gasteiger partial charge is 0.466 e. The topological polar surface area (TPSA) is 52.6 Å². The Balaban J connectivity index is 4.45. The van der Waals surface area contributed by atoms with Crippen LogP contribution in [0.25, 0.3) is 0 Å². The van der Waals surface area contributed by atoms with Crippen LogP contribution in [0, 0.1) is 5.92 Å². The molecule has 0 saturated carbocycles. The van der Waals surface area contributed by atoms with E-state index < -0.39 is 5.92 Å². The fourth-order valence-corrected chi connectivity index (χ4v) is 1.80. The van der Waals surface area contributed by atoms with Gasteiger partial charge in [0.1, 0.15) is 0 Å². The first-order valence-electron chi connectivity index (χ1n) is 7.06. The van der Waals surface area contributed by atoms with Crippen molar-refractivity contribution < 1.29 is 19.1 Å². The molecule has 0 fully saturated rings. The van der Waals surface area contributed by atoms with Crippen LogP contribution in [0.3, 0.4) is 0 Å². The highest BCUT2D eigenvalue weighted by atomic mass is 16.5. The Morgan fingerprint density at radius 3 is 2.21 bits per heavy atom.